The molecule has 0 aliphatic rings. The van der Waals surface area contributed by atoms with E-state index in [0.717, 1.165) is 0 Å². The molecule has 0 radical (unpaired) electrons. The van der Waals surface area contributed by atoms with E-state index in [9.17, 15) is 9.18 Å². The maximum atomic E-state index is 13.4. The van der Waals surface area contributed by atoms with E-state index in [1.165, 1.54) is 18.2 Å². The van der Waals surface area contributed by atoms with Crippen LogP contribution in [0.5, 0.6) is 0 Å². The molecule has 0 saturated heterocycles. The van der Waals surface area contributed by atoms with Gasteiger partial charge in [0.2, 0.25) is 6.41 Å². The van der Waals surface area contributed by atoms with Crippen molar-refractivity contribution < 1.29 is 19.2 Å². The van der Waals surface area contributed by atoms with Crippen LogP contribution in [0.4, 0.5) is 4.39 Å². The summed E-state index contributed by atoms with van der Waals surface area (Å²) in [5, 5.41) is 20.4. The molecule has 4 nitrogen and oxygen atoms in total. The third-order valence-electron chi connectivity index (χ3n) is 2.25. The Hall–Kier alpha value is -1.40. The molecule has 0 aliphatic heterocycles. The van der Waals surface area contributed by atoms with Crippen molar-refractivity contribution in [2.24, 2.45) is 0 Å². The first-order chi connectivity index (χ1) is 7.54. The molecule has 1 amide bonds. The average Bonchev–Trinajstić information content (AvgIpc) is 2.21. The SMILES string of the molecule is CC(Cc1cc(B(O)O)ccc1F)NC=O. The van der Waals surface area contributed by atoms with Gasteiger partial charge in [-0.2, -0.15) is 0 Å². The summed E-state index contributed by atoms with van der Waals surface area (Å²) in [6, 6.07) is 3.65. The van der Waals surface area contributed by atoms with E-state index in [1.807, 2.05) is 0 Å². The molecule has 0 bridgehead atoms. The fourth-order valence-electron chi connectivity index (χ4n) is 1.42. The third-order valence-corrected chi connectivity index (χ3v) is 2.25. The number of carbonyl (C=O) groups is 1. The normalized spacial score (nSPS) is 12.0. The number of hydrogen-bond acceptors (Lipinski definition) is 3. The zero-order chi connectivity index (χ0) is 12.1. The van der Waals surface area contributed by atoms with Crippen LogP contribution in [-0.4, -0.2) is 29.6 Å². The molecule has 1 unspecified atom stereocenters. The highest BCUT2D eigenvalue weighted by molar-refractivity contribution is 6.58. The lowest BCUT2D eigenvalue weighted by atomic mass is 9.79. The van der Waals surface area contributed by atoms with E-state index < -0.39 is 12.9 Å². The van der Waals surface area contributed by atoms with Gasteiger partial charge in [0.1, 0.15) is 5.82 Å². The highest BCUT2D eigenvalue weighted by Crippen LogP contribution is 2.08. The van der Waals surface area contributed by atoms with Crippen LogP contribution < -0.4 is 10.8 Å². The Morgan fingerprint density at radius 2 is 2.25 bits per heavy atom. The molecule has 1 atom stereocenters. The lowest BCUT2D eigenvalue weighted by Crippen LogP contribution is -2.32. The molecule has 86 valence electrons. The molecule has 1 aromatic carbocycles. The van der Waals surface area contributed by atoms with Gasteiger partial charge in [-0.1, -0.05) is 12.1 Å². The van der Waals surface area contributed by atoms with Crippen molar-refractivity contribution >= 4 is 19.0 Å². The number of carbonyl (C=O) groups excluding carboxylic acids is 1. The van der Waals surface area contributed by atoms with E-state index in [1.54, 1.807) is 6.92 Å². The van der Waals surface area contributed by atoms with Gasteiger partial charge in [-0.25, -0.2) is 4.39 Å². The van der Waals surface area contributed by atoms with Gasteiger partial charge in [-0.05, 0) is 30.4 Å². The molecule has 16 heavy (non-hydrogen) atoms. The number of nitrogens with one attached hydrogen (secondary N) is 1. The van der Waals surface area contributed by atoms with E-state index in [4.69, 9.17) is 10.0 Å². The minimum atomic E-state index is -1.62. The molecule has 0 aliphatic carbocycles. The standard InChI is InChI=1S/C10H13BFNO3/c1-7(13-6-14)4-8-5-9(11(15)16)2-3-10(8)12/h2-3,5-7,15-16H,4H2,1H3,(H,13,14). The Balaban J connectivity index is 2.85. The molecule has 0 heterocycles. The number of rotatable bonds is 5. The topological polar surface area (TPSA) is 69.6 Å². The molecule has 0 spiro atoms. The largest absolute Gasteiger partial charge is 0.488 e. The summed E-state index contributed by atoms with van der Waals surface area (Å²) in [5.41, 5.74) is 0.571. The first-order valence-corrected chi connectivity index (χ1v) is 4.88. The number of benzene rings is 1. The molecule has 1 rings (SSSR count). The Kier molecular flexibility index (Phi) is 4.45. The molecule has 1 aromatic rings. The van der Waals surface area contributed by atoms with Crippen molar-refractivity contribution in [2.75, 3.05) is 0 Å². The van der Waals surface area contributed by atoms with Gasteiger partial charge < -0.3 is 15.4 Å². The predicted molar refractivity (Wildman–Crippen MR) is 58.6 cm³/mol. The second-order valence-corrected chi connectivity index (χ2v) is 3.61. The summed E-state index contributed by atoms with van der Waals surface area (Å²) >= 11 is 0. The summed E-state index contributed by atoms with van der Waals surface area (Å²) < 4.78 is 13.4. The van der Waals surface area contributed by atoms with Crippen LogP contribution in [0.15, 0.2) is 18.2 Å². The molecular formula is C10H13BFNO3. The Bertz CT molecular complexity index is 373. The Labute approximate surface area is 93.2 Å². The quantitative estimate of drug-likeness (QED) is 0.453. The van der Waals surface area contributed by atoms with E-state index in [0.29, 0.717) is 18.4 Å². The monoisotopic (exact) mass is 225 g/mol. The van der Waals surface area contributed by atoms with Crippen LogP contribution in [0.1, 0.15) is 12.5 Å². The van der Waals surface area contributed by atoms with Crippen molar-refractivity contribution in [1.29, 1.82) is 0 Å². The Morgan fingerprint density at radius 3 is 2.81 bits per heavy atom. The fraction of sp³-hybridized carbons (Fsp3) is 0.300. The molecular weight excluding hydrogens is 212 g/mol. The van der Waals surface area contributed by atoms with Crippen molar-refractivity contribution in [3.8, 4) is 0 Å². The number of halogens is 1. The van der Waals surface area contributed by atoms with Crippen molar-refractivity contribution in [2.45, 2.75) is 19.4 Å². The molecule has 0 fully saturated rings. The van der Waals surface area contributed by atoms with Crippen LogP contribution in [0, 0.1) is 5.82 Å². The van der Waals surface area contributed by atoms with Gasteiger partial charge in [0.15, 0.2) is 0 Å². The Morgan fingerprint density at radius 1 is 1.56 bits per heavy atom. The van der Waals surface area contributed by atoms with Crippen molar-refractivity contribution in [3.63, 3.8) is 0 Å². The lowest BCUT2D eigenvalue weighted by molar-refractivity contribution is -0.110. The third kappa shape index (κ3) is 3.32. The maximum absolute atomic E-state index is 13.4. The molecule has 6 heteroatoms. The summed E-state index contributed by atoms with van der Waals surface area (Å²) in [6.07, 6.45) is 0.846. The predicted octanol–water partition coefficient (Wildman–Crippen LogP) is -0.818. The van der Waals surface area contributed by atoms with Gasteiger partial charge >= 0.3 is 7.12 Å². The zero-order valence-electron chi connectivity index (χ0n) is 8.85. The van der Waals surface area contributed by atoms with Crippen LogP contribution in [0.2, 0.25) is 0 Å². The van der Waals surface area contributed by atoms with E-state index in [2.05, 4.69) is 5.32 Å². The summed E-state index contributed by atoms with van der Waals surface area (Å²) in [7, 11) is -1.62. The van der Waals surface area contributed by atoms with Crippen LogP contribution in [0.25, 0.3) is 0 Å². The van der Waals surface area contributed by atoms with Gasteiger partial charge in [-0.15, -0.1) is 0 Å². The van der Waals surface area contributed by atoms with Crippen LogP contribution in [0.3, 0.4) is 0 Å². The first kappa shape index (κ1) is 12.7. The highest BCUT2D eigenvalue weighted by atomic mass is 19.1. The van der Waals surface area contributed by atoms with E-state index >= 15 is 0 Å². The maximum Gasteiger partial charge on any atom is 0.488 e. The molecule has 3 N–H and O–H groups in total. The smallest absolute Gasteiger partial charge is 0.423 e. The van der Waals surface area contributed by atoms with Gasteiger partial charge in [0, 0.05) is 6.04 Å². The molecule has 0 saturated carbocycles. The fourth-order valence-corrected chi connectivity index (χ4v) is 1.42. The summed E-state index contributed by atoms with van der Waals surface area (Å²) in [4.78, 5) is 10.2. The first-order valence-electron chi connectivity index (χ1n) is 4.88. The second kappa shape index (κ2) is 5.62. The summed E-state index contributed by atoms with van der Waals surface area (Å²) in [6.45, 7) is 1.73. The average molecular weight is 225 g/mol. The van der Waals surface area contributed by atoms with Crippen LogP contribution in [-0.2, 0) is 11.2 Å². The van der Waals surface area contributed by atoms with Crippen molar-refractivity contribution in [1.82, 2.24) is 5.32 Å². The second-order valence-electron chi connectivity index (χ2n) is 3.61. The van der Waals surface area contributed by atoms with Gasteiger partial charge in [0.25, 0.3) is 0 Å². The minimum absolute atomic E-state index is 0.210. The highest BCUT2D eigenvalue weighted by Gasteiger charge is 2.14. The number of amides is 1. The van der Waals surface area contributed by atoms with Gasteiger partial charge in [-0.3, -0.25) is 4.79 Å². The van der Waals surface area contributed by atoms with E-state index in [-0.39, 0.29) is 11.5 Å². The molecule has 0 aromatic heterocycles. The van der Waals surface area contributed by atoms with Crippen LogP contribution >= 0.6 is 0 Å². The van der Waals surface area contributed by atoms with Crippen molar-refractivity contribution in [3.05, 3.63) is 29.6 Å². The lowest BCUT2D eigenvalue weighted by Gasteiger charge is -2.12. The minimum Gasteiger partial charge on any atom is -0.423 e. The summed E-state index contributed by atoms with van der Waals surface area (Å²) in [5.74, 6) is -0.427. The number of hydrogen-bond donors (Lipinski definition) is 3. The van der Waals surface area contributed by atoms with Gasteiger partial charge in [0.05, 0.1) is 0 Å². The zero-order valence-corrected chi connectivity index (χ0v) is 8.85.